The zero-order valence-electron chi connectivity index (χ0n) is 41.3. The number of rotatable bonds is 46. The van der Waals surface area contributed by atoms with Gasteiger partial charge in [0.15, 0.2) is 0 Å². The second kappa shape index (κ2) is 57.6. The molecule has 0 aliphatic carbocycles. The van der Waals surface area contributed by atoms with Crippen LogP contribution in [0.4, 0.5) is 0 Å². The number of ether oxygens (including phenoxy) is 2. The molecule has 0 unspecified atom stereocenters. The number of carbonyl (C=O) groups is 1. The van der Waals surface area contributed by atoms with Crippen molar-refractivity contribution in [3.8, 4) is 0 Å². The first-order valence-corrected chi connectivity index (χ1v) is 25.5. The normalized spacial score (nSPS) is 10.8. The van der Waals surface area contributed by atoms with E-state index in [1.807, 2.05) is 6.20 Å². The third kappa shape index (κ3) is 56.6. The van der Waals surface area contributed by atoms with Crippen LogP contribution in [0.5, 0.6) is 0 Å². The van der Waals surface area contributed by atoms with Gasteiger partial charge in [-0.05, 0) is 83.6 Å². The maximum atomic E-state index is 12.6. The number of carbonyl (C=O) groups excluding carboxylic acids is 1. The van der Waals surface area contributed by atoms with Gasteiger partial charge in [-0.1, -0.05) is 201 Å². The van der Waals surface area contributed by atoms with Gasteiger partial charge >= 0.3 is 24.5 Å². The predicted octanol–water partition coefficient (Wildman–Crippen LogP) is 18.4. The molecule has 0 rings (SSSR count). The summed E-state index contributed by atoms with van der Waals surface area (Å²) in [5.74, 6) is 1.04. The van der Waals surface area contributed by atoms with Crippen molar-refractivity contribution < 1.29 is 32.8 Å². The van der Waals surface area contributed by atoms with Crippen molar-refractivity contribution in [2.75, 3.05) is 13.2 Å². The standard InChI is InChI=1S/C46H88O3.C8H14N.CH3.V/c1-6-9-12-15-20-28-35-42-48-44(5)38-31-24-21-23-30-37-43(4)36-29-22-18-19-27-34-41-46(47)49-45(39-32-25-16-13-10-7-2)40-33-26-17-14-11-8-3;1-3-5-7-9-8-6-4-2;;/h45H,4-42H2,1-3H3;5,7,9H,1,4,6,8H2,2H3;1H3;/q;2*-1;+2/b;7-5-;;. The van der Waals surface area contributed by atoms with Crippen LogP contribution in [-0.4, -0.2) is 25.2 Å². The van der Waals surface area contributed by atoms with Crippen LogP contribution in [0.1, 0.15) is 272 Å². The quantitative estimate of drug-likeness (QED) is 0.0165. The molecule has 0 fully saturated rings. The molecule has 353 valence electrons. The molecule has 1 N–H and O–H groups in total. The first-order chi connectivity index (χ1) is 28.4. The number of allylic oxidation sites excluding steroid dienone is 4. The molecule has 0 saturated carbocycles. The molecule has 0 aliphatic rings. The predicted molar refractivity (Wildman–Crippen MR) is 265 cm³/mol. The van der Waals surface area contributed by atoms with Crippen LogP contribution in [0.25, 0.3) is 0 Å². The number of nitrogens with one attached hydrogen (secondary N) is 1. The Bertz CT molecular complexity index is 886. The van der Waals surface area contributed by atoms with Gasteiger partial charge < -0.3 is 22.2 Å². The number of hydrogen-bond acceptors (Lipinski definition) is 4. The molecule has 0 aliphatic heterocycles. The SMILES string of the molecule is C=C(CCCCCCCCC(=O)OC(CCCCCCCC)CCCCCCCC)CCCCCCCC(=C)OCCCCCCCCC.C=[C-]/C=C\NCCCC.[CH3-].[V+2]. The van der Waals surface area contributed by atoms with E-state index in [-0.39, 0.29) is 38.1 Å². The summed E-state index contributed by atoms with van der Waals surface area (Å²) in [6.45, 7) is 22.8. The topological polar surface area (TPSA) is 47.6 Å². The van der Waals surface area contributed by atoms with Crippen LogP contribution in [0.15, 0.2) is 43.3 Å². The largest absolute Gasteiger partial charge is 2.00 e. The fourth-order valence-electron chi connectivity index (χ4n) is 7.34. The van der Waals surface area contributed by atoms with E-state index in [4.69, 9.17) is 9.47 Å². The van der Waals surface area contributed by atoms with Crippen molar-refractivity contribution in [2.45, 2.75) is 278 Å². The Morgan fingerprint density at radius 3 is 1.37 bits per heavy atom. The van der Waals surface area contributed by atoms with Gasteiger partial charge in [0.05, 0.1) is 12.4 Å². The average Bonchev–Trinajstić information content (AvgIpc) is 3.22. The van der Waals surface area contributed by atoms with Crippen LogP contribution in [0.3, 0.4) is 0 Å². The Hall–Kier alpha value is -1.39. The molecule has 0 atom stereocenters. The van der Waals surface area contributed by atoms with Crippen molar-refractivity contribution in [3.63, 3.8) is 0 Å². The molecule has 5 heteroatoms. The number of esters is 1. The van der Waals surface area contributed by atoms with Crippen molar-refractivity contribution in [2.24, 2.45) is 0 Å². The molecule has 0 aromatic heterocycles. The van der Waals surface area contributed by atoms with E-state index in [9.17, 15) is 4.79 Å². The van der Waals surface area contributed by atoms with E-state index in [1.54, 1.807) is 6.08 Å². The fourth-order valence-corrected chi connectivity index (χ4v) is 7.34. The zero-order valence-corrected chi connectivity index (χ0v) is 42.7. The third-order valence-electron chi connectivity index (χ3n) is 11.3. The molecule has 0 heterocycles. The zero-order chi connectivity index (χ0) is 42.8. The van der Waals surface area contributed by atoms with E-state index < -0.39 is 0 Å². The molecule has 0 aromatic rings. The monoisotopic (exact) mass is 879 g/mol. The van der Waals surface area contributed by atoms with Crippen LogP contribution in [0.2, 0.25) is 0 Å². The first kappa shape index (κ1) is 65.2. The minimum atomic E-state index is 0. The van der Waals surface area contributed by atoms with Crippen molar-refractivity contribution >= 4 is 5.97 Å². The second-order valence-electron chi connectivity index (χ2n) is 17.2. The first-order valence-electron chi connectivity index (χ1n) is 25.5. The molecule has 1 radical (unpaired) electrons. The summed E-state index contributed by atoms with van der Waals surface area (Å²) in [7, 11) is 0. The Morgan fingerprint density at radius 2 is 0.917 bits per heavy atom. The number of hydrogen-bond donors (Lipinski definition) is 1. The maximum Gasteiger partial charge on any atom is 2.00 e. The summed E-state index contributed by atoms with van der Waals surface area (Å²) in [4.78, 5) is 12.6. The van der Waals surface area contributed by atoms with Gasteiger partial charge in [-0.2, -0.15) is 12.8 Å². The molecule has 0 bridgehead atoms. The van der Waals surface area contributed by atoms with Gasteiger partial charge in [0, 0.05) is 12.8 Å². The molecule has 0 aromatic carbocycles. The van der Waals surface area contributed by atoms with Gasteiger partial charge in [0.1, 0.15) is 6.10 Å². The Morgan fingerprint density at radius 1 is 0.533 bits per heavy atom. The van der Waals surface area contributed by atoms with Gasteiger partial charge in [-0.3, -0.25) is 10.9 Å². The smallest absolute Gasteiger partial charge is 0.499 e. The van der Waals surface area contributed by atoms with Gasteiger partial charge in [0.2, 0.25) is 0 Å². The molecular formula is C55H105NO3V. The van der Waals surface area contributed by atoms with Crippen molar-refractivity contribution in [3.05, 3.63) is 56.8 Å². The average molecular weight is 879 g/mol. The van der Waals surface area contributed by atoms with E-state index >= 15 is 0 Å². The summed E-state index contributed by atoms with van der Waals surface area (Å²) < 4.78 is 11.9. The van der Waals surface area contributed by atoms with Crippen LogP contribution in [0, 0.1) is 13.5 Å². The summed E-state index contributed by atoms with van der Waals surface area (Å²) >= 11 is 0. The van der Waals surface area contributed by atoms with Gasteiger partial charge in [0.25, 0.3) is 0 Å². The second-order valence-corrected chi connectivity index (χ2v) is 17.2. The molecule has 0 saturated heterocycles. The van der Waals surface area contributed by atoms with Crippen LogP contribution >= 0.6 is 0 Å². The third-order valence-corrected chi connectivity index (χ3v) is 11.3. The van der Waals surface area contributed by atoms with Gasteiger partial charge in [-0.15, -0.1) is 0 Å². The Balaban J connectivity index is -0.00000127. The number of unbranched alkanes of at least 4 members (excludes halogenated alkanes) is 26. The van der Waals surface area contributed by atoms with E-state index in [1.165, 1.54) is 211 Å². The fraction of sp³-hybridized carbons (Fsp3) is 0.818. The summed E-state index contributed by atoms with van der Waals surface area (Å²) in [6.07, 6.45) is 53.5. The molecule has 60 heavy (non-hydrogen) atoms. The Labute approximate surface area is 390 Å². The Kier molecular flexibility index (Phi) is 62.6. The van der Waals surface area contributed by atoms with E-state index in [0.29, 0.717) is 6.42 Å². The molecule has 0 spiro atoms. The maximum absolute atomic E-state index is 12.6. The summed E-state index contributed by atoms with van der Waals surface area (Å²) in [6, 6.07) is 0. The van der Waals surface area contributed by atoms with Crippen molar-refractivity contribution in [1.82, 2.24) is 5.32 Å². The summed E-state index contributed by atoms with van der Waals surface area (Å²) in [5, 5.41) is 3.10. The van der Waals surface area contributed by atoms with Crippen LogP contribution in [-0.2, 0) is 32.8 Å². The molecule has 4 nitrogen and oxygen atoms in total. The van der Waals surface area contributed by atoms with Gasteiger partial charge in [-0.25, -0.2) is 6.08 Å². The van der Waals surface area contributed by atoms with E-state index in [2.05, 4.69) is 58.8 Å². The minimum absolute atomic E-state index is 0. The minimum Gasteiger partial charge on any atom is -0.499 e. The molecular weight excluding hydrogens is 774 g/mol. The summed E-state index contributed by atoms with van der Waals surface area (Å²) in [5.41, 5.74) is 1.44. The van der Waals surface area contributed by atoms with Crippen molar-refractivity contribution in [1.29, 1.82) is 0 Å². The van der Waals surface area contributed by atoms with Crippen LogP contribution < -0.4 is 5.32 Å². The van der Waals surface area contributed by atoms with E-state index in [0.717, 1.165) is 51.0 Å². The molecule has 0 amide bonds.